The molecule has 2 aliphatic heterocycles. The van der Waals surface area contributed by atoms with Gasteiger partial charge in [-0.2, -0.15) is 4.98 Å². The molecule has 2 aliphatic rings. The zero-order valence-electron chi connectivity index (χ0n) is 12.9. The molecule has 2 saturated heterocycles. The van der Waals surface area contributed by atoms with Crippen molar-refractivity contribution in [3.05, 3.63) is 12.7 Å². The molecular formula is C14H20N5O5+. The number of aliphatic hydroxyl groups is 3. The average molecular weight is 338 g/mol. The molecule has 0 aromatic carbocycles. The van der Waals surface area contributed by atoms with E-state index in [0.717, 1.165) is 13.0 Å². The Hall–Kier alpha value is -1.85. The first-order valence-corrected chi connectivity index (χ1v) is 7.89. The van der Waals surface area contributed by atoms with Gasteiger partial charge in [0.25, 0.3) is 0 Å². The number of fused-ring (bicyclic) bond motifs is 1. The molecule has 2 fully saturated rings. The van der Waals surface area contributed by atoms with Crippen LogP contribution in [0.5, 0.6) is 0 Å². The highest BCUT2D eigenvalue weighted by Crippen LogP contribution is 2.27. The van der Waals surface area contributed by atoms with Gasteiger partial charge in [0.15, 0.2) is 18.5 Å². The van der Waals surface area contributed by atoms with Crippen LogP contribution in [0.4, 0.5) is 5.82 Å². The molecule has 0 bridgehead atoms. The lowest BCUT2D eigenvalue weighted by Gasteiger charge is -2.12. The topological polar surface area (TPSA) is 137 Å². The first-order chi connectivity index (χ1) is 11.7. The van der Waals surface area contributed by atoms with E-state index in [1.54, 1.807) is 10.9 Å². The molecule has 0 aliphatic carbocycles. The van der Waals surface area contributed by atoms with Crippen LogP contribution in [0.2, 0.25) is 0 Å². The number of aromatic nitrogens is 4. The number of H-pyrrole nitrogens is 1. The first kappa shape index (κ1) is 15.7. The lowest BCUT2D eigenvalue weighted by Crippen LogP contribution is -2.45. The third-order valence-corrected chi connectivity index (χ3v) is 4.48. The Kier molecular flexibility index (Phi) is 4.06. The largest absolute Gasteiger partial charge is 0.394 e. The van der Waals surface area contributed by atoms with Crippen LogP contribution >= 0.6 is 0 Å². The number of hydrogen-bond donors (Lipinski definition) is 5. The Morgan fingerprint density at radius 2 is 2.21 bits per heavy atom. The normalized spacial score (nSPS) is 33.4. The van der Waals surface area contributed by atoms with Gasteiger partial charge in [-0.15, -0.1) is 0 Å². The second kappa shape index (κ2) is 6.22. The molecule has 0 amide bonds. The fourth-order valence-electron chi connectivity index (χ4n) is 3.16. The lowest BCUT2D eigenvalue weighted by molar-refractivity contribution is -0.745. The molecule has 130 valence electrons. The molecule has 2 aromatic rings. The van der Waals surface area contributed by atoms with Gasteiger partial charge < -0.3 is 30.1 Å². The van der Waals surface area contributed by atoms with Gasteiger partial charge in [0.05, 0.1) is 19.3 Å². The summed E-state index contributed by atoms with van der Waals surface area (Å²) in [6.07, 6.45) is -0.0716. The van der Waals surface area contributed by atoms with E-state index in [1.807, 2.05) is 0 Å². The quantitative estimate of drug-likeness (QED) is 0.406. The summed E-state index contributed by atoms with van der Waals surface area (Å²) in [6, 6.07) is 0.189. The van der Waals surface area contributed by atoms with Gasteiger partial charge in [0, 0.05) is 6.61 Å². The van der Waals surface area contributed by atoms with E-state index < -0.39 is 24.5 Å². The Morgan fingerprint density at radius 3 is 2.92 bits per heavy atom. The van der Waals surface area contributed by atoms with E-state index in [4.69, 9.17) is 9.47 Å². The summed E-state index contributed by atoms with van der Waals surface area (Å²) in [4.78, 5) is 11.6. The zero-order valence-corrected chi connectivity index (χ0v) is 12.9. The van der Waals surface area contributed by atoms with Crippen LogP contribution in [0.3, 0.4) is 0 Å². The number of aromatic amines is 1. The minimum atomic E-state index is -1.17. The van der Waals surface area contributed by atoms with Crippen molar-refractivity contribution < 1.29 is 29.4 Å². The second-order valence-electron chi connectivity index (χ2n) is 6.04. The summed E-state index contributed by atoms with van der Waals surface area (Å²) < 4.78 is 12.5. The zero-order chi connectivity index (χ0) is 16.7. The molecule has 0 spiro atoms. The predicted molar refractivity (Wildman–Crippen MR) is 79.9 cm³/mol. The Balaban J connectivity index is 1.65. The maximum atomic E-state index is 10.2. The van der Waals surface area contributed by atoms with Gasteiger partial charge in [-0.25, -0.2) is 4.57 Å². The first-order valence-electron chi connectivity index (χ1n) is 7.89. The minimum absolute atomic E-state index is 0.189. The van der Waals surface area contributed by atoms with Gasteiger partial charge in [0.1, 0.15) is 18.3 Å². The van der Waals surface area contributed by atoms with Gasteiger partial charge in [-0.1, -0.05) is 4.98 Å². The van der Waals surface area contributed by atoms with Crippen LogP contribution < -0.4 is 9.88 Å². The van der Waals surface area contributed by atoms with E-state index in [2.05, 4.69) is 20.3 Å². The number of aliphatic hydroxyl groups excluding tert-OH is 3. The highest BCUT2D eigenvalue weighted by Gasteiger charge is 2.46. The summed E-state index contributed by atoms with van der Waals surface area (Å²) in [5.74, 6) is 0.640. The second-order valence-corrected chi connectivity index (χ2v) is 6.04. The summed E-state index contributed by atoms with van der Waals surface area (Å²) >= 11 is 0. The van der Waals surface area contributed by atoms with E-state index in [0.29, 0.717) is 23.6 Å². The molecule has 0 saturated carbocycles. The maximum Gasteiger partial charge on any atom is 0.309 e. The summed E-state index contributed by atoms with van der Waals surface area (Å²) in [6.45, 7) is 0.974. The third-order valence-electron chi connectivity index (χ3n) is 4.48. The molecule has 5 atom stereocenters. The van der Waals surface area contributed by atoms with Crippen molar-refractivity contribution in [3.63, 3.8) is 0 Å². The number of nitrogens with zero attached hydrogens (tertiary/aromatic N) is 3. The van der Waals surface area contributed by atoms with Gasteiger partial charge >= 0.3 is 5.65 Å². The summed E-state index contributed by atoms with van der Waals surface area (Å²) in [7, 11) is 0. The maximum absolute atomic E-state index is 10.2. The van der Waals surface area contributed by atoms with Crippen molar-refractivity contribution in [1.82, 2.24) is 15.0 Å². The van der Waals surface area contributed by atoms with Crippen molar-refractivity contribution in [2.75, 3.05) is 25.1 Å². The lowest BCUT2D eigenvalue weighted by atomic mass is 10.1. The van der Waals surface area contributed by atoms with Crippen LogP contribution in [0.25, 0.3) is 11.2 Å². The van der Waals surface area contributed by atoms with E-state index in [1.165, 1.54) is 6.33 Å². The van der Waals surface area contributed by atoms with Crippen molar-refractivity contribution in [1.29, 1.82) is 0 Å². The standard InChI is InChI=1S/C14H19N5O5/c20-3-8-10(21)11(22)14(24-8)19-6-17-9-12(15-5-16-13(9)19)18-7-1-2-23-4-7/h5-8,10-11,14,20-22H,1-4H2,(H,15,16,18)/p+1/t7?,8-,10+,11+,14-/m1/s1. The fourth-order valence-corrected chi connectivity index (χ4v) is 3.16. The SMILES string of the molecule is OC[C@H]1O[C@@H]([n+]2c[nH]c3c(NC4CCOC4)ncnc32)[C@@H](O)[C@H]1O. The average Bonchev–Trinajstić information content (AvgIpc) is 3.30. The highest BCUT2D eigenvalue weighted by molar-refractivity contribution is 5.79. The summed E-state index contributed by atoms with van der Waals surface area (Å²) in [5, 5.41) is 32.7. The van der Waals surface area contributed by atoms with Crippen molar-refractivity contribution >= 4 is 17.0 Å². The van der Waals surface area contributed by atoms with Crippen LogP contribution in [-0.2, 0) is 9.47 Å². The third kappa shape index (κ3) is 2.52. The number of anilines is 1. The smallest absolute Gasteiger partial charge is 0.309 e. The molecular weight excluding hydrogens is 318 g/mol. The molecule has 1 unspecified atom stereocenters. The number of ether oxygens (including phenoxy) is 2. The summed E-state index contributed by atoms with van der Waals surface area (Å²) in [5.41, 5.74) is 1.20. The molecule has 2 aromatic heterocycles. The number of rotatable bonds is 4. The highest BCUT2D eigenvalue weighted by atomic mass is 16.6. The molecule has 10 nitrogen and oxygen atoms in total. The number of imidazole rings is 1. The minimum Gasteiger partial charge on any atom is -0.394 e. The molecule has 24 heavy (non-hydrogen) atoms. The van der Waals surface area contributed by atoms with Crippen molar-refractivity contribution in [3.8, 4) is 0 Å². The monoisotopic (exact) mass is 338 g/mol. The Bertz CT molecular complexity index is 719. The van der Waals surface area contributed by atoms with Crippen molar-refractivity contribution in [2.24, 2.45) is 0 Å². The Labute approximate surface area is 137 Å². The molecule has 4 rings (SSSR count). The molecule has 10 heteroatoms. The van der Waals surface area contributed by atoms with Crippen molar-refractivity contribution in [2.45, 2.75) is 37.0 Å². The molecule has 0 radical (unpaired) electrons. The van der Waals surface area contributed by atoms with Gasteiger partial charge in [-0.05, 0) is 6.42 Å². The van der Waals surface area contributed by atoms with Crippen LogP contribution in [0.15, 0.2) is 12.7 Å². The molecule has 4 heterocycles. The number of nitrogens with one attached hydrogen (secondary N) is 2. The van der Waals surface area contributed by atoms with Crippen LogP contribution in [-0.4, -0.2) is 74.4 Å². The fraction of sp³-hybridized carbons (Fsp3) is 0.643. The van der Waals surface area contributed by atoms with E-state index in [-0.39, 0.29) is 12.6 Å². The van der Waals surface area contributed by atoms with Crippen LogP contribution in [0.1, 0.15) is 12.6 Å². The predicted octanol–water partition coefficient (Wildman–Crippen LogP) is -1.94. The van der Waals surface area contributed by atoms with E-state index in [9.17, 15) is 15.3 Å². The van der Waals surface area contributed by atoms with E-state index >= 15 is 0 Å². The van der Waals surface area contributed by atoms with Gasteiger partial charge in [0.2, 0.25) is 11.7 Å². The Morgan fingerprint density at radius 1 is 1.33 bits per heavy atom. The van der Waals surface area contributed by atoms with Crippen LogP contribution in [0, 0.1) is 0 Å². The molecule has 5 N–H and O–H groups in total. The van der Waals surface area contributed by atoms with Gasteiger partial charge in [-0.3, -0.25) is 4.98 Å². The number of hydrogen-bond acceptors (Lipinski definition) is 8.